The average Bonchev–Trinajstić information content (AvgIpc) is 2.64. The molecule has 0 saturated carbocycles. The minimum absolute atomic E-state index is 0.616. The second kappa shape index (κ2) is 6.02. The molecule has 2 N–H and O–H groups in total. The lowest BCUT2D eigenvalue weighted by Crippen LogP contribution is -2.32. The van der Waals surface area contributed by atoms with Gasteiger partial charge in [-0.15, -0.1) is 0 Å². The van der Waals surface area contributed by atoms with E-state index in [1.807, 2.05) is 0 Å². The van der Waals surface area contributed by atoms with E-state index in [1.54, 1.807) is 0 Å². The van der Waals surface area contributed by atoms with E-state index in [0.29, 0.717) is 12.5 Å². The Morgan fingerprint density at radius 1 is 1.47 bits per heavy atom. The van der Waals surface area contributed by atoms with E-state index in [4.69, 9.17) is 5.73 Å². The summed E-state index contributed by atoms with van der Waals surface area (Å²) in [6.07, 6.45) is 0.897. The Labute approximate surface area is 95.7 Å². The molecule has 0 saturated heterocycles. The van der Waals surface area contributed by atoms with Gasteiger partial charge >= 0.3 is 0 Å². The number of nitrogens with two attached hydrogens (primary N) is 1. The van der Waals surface area contributed by atoms with Crippen molar-refractivity contribution in [3.63, 3.8) is 0 Å². The predicted molar refractivity (Wildman–Crippen MR) is 65.4 cm³/mol. The molecule has 5 heteroatoms. The van der Waals surface area contributed by atoms with Crippen molar-refractivity contribution in [1.82, 2.24) is 9.36 Å². The minimum Gasteiger partial charge on any atom is -0.345 e. The number of hydrogen-bond acceptors (Lipinski definition) is 5. The summed E-state index contributed by atoms with van der Waals surface area (Å²) in [5, 5.41) is 1.01. The number of anilines is 1. The summed E-state index contributed by atoms with van der Waals surface area (Å²) >= 11 is 1.47. The van der Waals surface area contributed by atoms with Crippen molar-refractivity contribution in [2.45, 2.75) is 27.2 Å². The summed E-state index contributed by atoms with van der Waals surface area (Å²) in [6, 6.07) is 0. The first-order valence-corrected chi connectivity index (χ1v) is 6.22. The summed E-state index contributed by atoms with van der Waals surface area (Å²) in [5.41, 5.74) is 5.60. The number of hydrogen-bond donors (Lipinski definition) is 1. The normalized spacial score (nSPS) is 11.0. The molecule has 1 heterocycles. The number of aryl methyl sites for hydroxylation is 1. The lowest BCUT2D eigenvalue weighted by Gasteiger charge is -2.22. The molecule has 0 aliphatic heterocycles. The van der Waals surface area contributed by atoms with E-state index in [2.05, 4.69) is 35.0 Å². The first-order chi connectivity index (χ1) is 7.17. The molecule has 15 heavy (non-hydrogen) atoms. The Kier molecular flexibility index (Phi) is 4.98. The largest absolute Gasteiger partial charge is 0.345 e. The average molecular weight is 228 g/mol. The summed E-state index contributed by atoms with van der Waals surface area (Å²) in [5.74, 6) is 1.55. The van der Waals surface area contributed by atoms with Crippen LogP contribution in [0.15, 0.2) is 0 Å². The molecule has 0 atom stereocenters. The van der Waals surface area contributed by atoms with E-state index >= 15 is 0 Å². The van der Waals surface area contributed by atoms with Gasteiger partial charge in [0, 0.05) is 37.6 Å². The van der Waals surface area contributed by atoms with Crippen molar-refractivity contribution in [2.75, 3.05) is 24.5 Å². The maximum atomic E-state index is 5.60. The third-order valence-electron chi connectivity index (χ3n) is 2.03. The Hall–Kier alpha value is -0.680. The zero-order valence-corrected chi connectivity index (χ0v) is 10.5. The van der Waals surface area contributed by atoms with Crippen LogP contribution in [-0.4, -0.2) is 29.0 Å². The van der Waals surface area contributed by atoms with Crippen LogP contribution in [-0.2, 0) is 6.42 Å². The van der Waals surface area contributed by atoms with Crippen LogP contribution in [0, 0.1) is 5.92 Å². The number of aromatic nitrogens is 2. The minimum atomic E-state index is 0.616. The van der Waals surface area contributed by atoms with E-state index in [9.17, 15) is 0 Å². The number of rotatable bonds is 6. The lowest BCUT2D eigenvalue weighted by molar-refractivity contribution is 0.610. The second-order valence-electron chi connectivity index (χ2n) is 3.98. The third kappa shape index (κ3) is 3.76. The van der Waals surface area contributed by atoms with Gasteiger partial charge in [0.25, 0.3) is 0 Å². The van der Waals surface area contributed by atoms with Crippen LogP contribution in [0.1, 0.15) is 26.6 Å². The van der Waals surface area contributed by atoms with Crippen LogP contribution in [0.5, 0.6) is 0 Å². The van der Waals surface area contributed by atoms with Gasteiger partial charge in [0.15, 0.2) is 0 Å². The molecule has 1 rings (SSSR count). The molecular formula is C10H20N4S. The molecule has 0 bridgehead atoms. The van der Waals surface area contributed by atoms with Crippen LogP contribution in [0.2, 0.25) is 0 Å². The van der Waals surface area contributed by atoms with Gasteiger partial charge in [-0.1, -0.05) is 20.8 Å². The predicted octanol–water partition coefficient (Wildman–Crippen LogP) is 1.52. The third-order valence-corrected chi connectivity index (χ3v) is 2.84. The molecular weight excluding hydrogens is 208 g/mol. The van der Waals surface area contributed by atoms with Gasteiger partial charge in [0.05, 0.1) is 0 Å². The molecule has 1 aromatic heterocycles. The van der Waals surface area contributed by atoms with E-state index in [-0.39, 0.29) is 0 Å². The highest BCUT2D eigenvalue weighted by atomic mass is 32.1. The van der Waals surface area contributed by atoms with Gasteiger partial charge in [0.1, 0.15) is 5.82 Å². The van der Waals surface area contributed by atoms with Crippen molar-refractivity contribution in [3.05, 3.63) is 5.82 Å². The SMILES string of the molecule is CCc1nsc(N(CCN)CC(C)C)n1. The summed E-state index contributed by atoms with van der Waals surface area (Å²) in [6.45, 7) is 8.98. The maximum absolute atomic E-state index is 5.60. The van der Waals surface area contributed by atoms with Gasteiger partial charge in [0.2, 0.25) is 5.13 Å². The Morgan fingerprint density at radius 3 is 2.67 bits per heavy atom. The second-order valence-corrected chi connectivity index (χ2v) is 4.71. The fourth-order valence-corrected chi connectivity index (χ4v) is 2.16. The van der Waals surface area contributed by atoms with E-state index in [1.165, 1.54) is 11.5 Å². The Bertz CT molecular complexity index is 285. The first-order valence-electron chi connectivity index (χ1n) is 5.45. The molecule has 0 amide bonds. The highest BCUT2D eigenvalue weighted by Crippen LogP contribution is 2.18. The number of nitrogens with zero attached hydrogens (tertiary/aromatic N) is 3. The van der Waals surface area contributed by atoms with Crippen molar-refractivity contribution < 1.29 is 0 Å². The fraction of sp³-hybridized carbons (Fsp3) is 0.800. The van der Waals surface area contributed by atoms with E-state index in [0.717, 1.165) is 30.5 Å². The molecule has 4 nitrogen and oxygen atoms in total. The van der Waals surface area contributed by atoms with Crippen LogP contribution in [0.4, 0.5) is 5.13 Å². The van der Waals surface area contributed by atoms with Gasteiger partial charge in [-0.3, -0.25) is 0 Å². The fourth-order valence-electron chi connectivity index (χ4n) is 1.38. The smallest absolute Gasteiger partial charge is 0.205 e. The Morgan fingerprint density at radius 2 is 2.20 bits per heavy atom. The quantitative estimate of drug-likeness (QED) is 0.802. The first kappa shape index (κ1) is 12.4. The molecule has 1 aromatic rings. The van der Waals surface area contributed by atoms with Gasteiger partial charge < -0.3 is 10.6 Å². The molecule has 0 aromatic carbocycles. The Balaban J connectivity index is 2.69. The van der Waals surface area contributed by atoms with Gasteiger partial charge in [-0.25, -0.2) is 4.98 Å². The highest BCUT2D eigenvalue weighted by Gasteiger charge is 2.12. The molecule has 0 aliphatic rings. The zero-order valence-electron chi connectivity index (χ0n) is 9.73. The highest BCUT2D eigenvalue weighted by molar-refractivity contribution is 7.09. The van der Waals surface area contributed by atoms with Crippen LogP contribution >= 0.6 is 11.5 Å². The standard InChI is InChI=1S/C10H20N4S/c1-4-9-12-10(15-13-9)14(6-5-11)7-8(2)3/h8H,4-7,11H2,1-3H3. The molecule has 0 fully saturated rings. The van der Waals surface area contributed by atoms with Crippen molar-refractivity contribution >= 4 is 16.7 Å². The topological polar surface area (TPSA) is 55.0 Å². The monoisotopic (exact) mass is 228 g/mol. The molecule has 0 unspecified atom stereocenters. The van der Waals surface area contributed by atoms with Crippen LogP contribution in [0.25, 0.3) is 0 Å². The van der Waals surface area contributed by atoms with Gasteiger partial charge in [-0.05, 0) is 5.92 Å². The molecule has 0 aliphatic carbocycles. The summed E-state index contributed by atoms with van der Waals surface area (Å²) in [4.78, 5) is 6.70. The zero-order chi connectivity index (χ0) is 11.3. The van der Waals surface area contributed by atoms with Gasteiger partial charge in [-0.2, -0.15) is 4.37 Å². The molecule has 0 radical (unpaired) electrons. The van der Waals surface area contributed by atoms with Crippen LogP contribution in [0.3, 0.4) is 0 Å². The summed E-state index contributed by atoms with van der Waals surface area (Å²) in [7, 11) is 0. The van der Waals surface area contributed by atoms with Crippen molar-refractivity contribution in [1.29, 1.82) is 0 Å². The van der Waals surface area contributed by atoms with E-state index < -0.39 is 0 Å². The van der Waals surface area contributed by atoms with Crippen LogP contribution < -0.4 is 10.6 Å². The lowest BCUT2D eigenvalue weighted by atomic mass is 10.2. The molecule has 0 spiro atoms. The summed E-state index contributed by atoms with van der Waals surface area (Å²) < 4.78 is 4.29. The molecule has 86 valence electrons. The van der Waals surface area contributed by atoms with Crippen molar-refractivity contribution in [3.8, 4) is 0 Å². The maximum Gasteiger partial charge on any atom is 0.205 e. The van der Waals surface area contributed by atoms with Crippen molar-refractivity contribution in [2.24, 2.45) is 11.7 Å².